The molecule has 0 aliphatic heterocycles. The van der Waals surface area contributed by atoms with Crippen LogP contribution in [-0.4, -0.2) is 41.9 Å². The highest BCUT2D eigenvalue weighted by Gasteiger charge is 2.16. The third-order valence-corrected chi connectivity index (χ3v) is 5.98. The summed E-state index contributed by atoms with van der Waals surface area (Å²) in [6, 6.07) is 7.44. The first-order valence-electron chi connectivity index (χ1n) is 6.52. The average Bonchev–Trinajstić information content (AvgIpc) is 3.02. The molecule has 0 amide bonds. The molecule has 4 N–H and O–H groups in total. The van der Waals surface area contributed by atoms with Gasteiger partial charge in [0.1, 0.15) is 5.76 Å². The molecule has 0 fully saturated rings. The van der Waals surface area contributed by atoms with Gasteiger partial charge in [-0.1, -0.05) is 15.8 Å². The lowest BCUT2D eigenvalue weighted by atomic mass is 10.4. The Labute approximate surface area is 150 Å². The number of sulfone groups is 1. The molecule has 26 heavy (non-hydrogen) atoms. The van der Waals surface area contributed by atoms with Gasteiger partial charge in [0, 0.05) is 6.26 Å². The summed E-state index contributed by atoms with van der Waals surface area (Å²) in [6.45, 7) is 1.61. The summed E-state index contributed by atoms with van der Waals surface area (Å²) >= 11 is 0. The van der Waals surface area contributed by atoms with Crippen LogP contribution in [0.4, 0.5) is 0 Å². The zero-order valence-corrected chi connectivity index (χ0v) is 15.9. The minimum Gasteiger partial charge on any atom is -0.449 e. The van der Waals surface area contributed by atoms with Crippen LogP contribution < -0.4 is 9.77 Å². The van der Waals surface area contributed by atoms with Crippen molar-refractivity contribution in [1.82, 2.24) is 9.77 Å². The summed E-state index contributed by atoms with van der Waals surface area (Å²) in [5.41, 5.74) is 0. The summed E-state index contributed by atoms with van der Waals surface area (Å²) in [5, 5.41) is 16.2. The highest BCUT2D eigenvalue weighted by Crippen LogP contribution is 2.15. The maximum atomic E-state index is 11.1. The molecule has 146 valence electrons. The SMILES string of the molecule is CS(=O)(=O)c1cccc(S(=O)(=O)NO)c1.Cc1ccc(S(=O)(=O)NO)o1. The van der Waals surface area contributed by atoms with E-state index in [1.54, 1.807) is 6.92 Å². The predicted molar refractivity (Wildman–Crippen MR) is 87.2 cm³/mol. The number of aryl methyl sites for hydroxylation is 1. The van der Waals surface area contributed by atoms with Crippen molar-refractivity contribution in [2.24, 2.45) is 0 Å². The van der Waals surface area contributed by atoms with Gasteiger partial charge in [-0.05, 0) is 37.3 Å². The first-order valence-corrected chi connectivity index (χ1v) is 11.4. The van der Waals surface area contributed by atoms with Gasteiger partial charge in [0.2, 0.25) is 5.09 Å². The largest absolute Gasteiger partial charge is 0.449 e. The van der Waals surface area contributed by atoms with E-state index < -0.39 is 29.9 Å². The standard InChI is InChI=1S/C7H9NO5S2.C5H7NO4S/c1-14(10,11)6-3-2-4-7(5-6)15(12,13)8-9;1-4-2-3-5(10-4)11(8,9)6-7/h2-5,8-9H,1H3;2-3,6-7H,1H3. The molecule has 0 bridgehead atoms. The van der Waals surface area contributed by atoms with Crippen LogP contribution in [0.1, 0.15) is 5.76 Å². The van der Waals surface area contributed by atoms with Crippen molar-refractivity contribution in [2.75, 3.05) is 6.26 Å². The van der Waals surface area contributed by atoms with Crippen molar-refractivity contribution in [1.29, 1.82) is 0 Å². The quantitative estimate of drug-likeness (QED) is 0.477. The zero-order valence-electron chi connectivity index (χ0n) is 13.4. The molecule has 0 radical (unpaired) electrons. The fourth-order valence-electron chi connectivity index (χ4n) is 1.53. The van der Waals surface area contributed by atoms with Gasteiger partial charge >= 0.3 is 0 Å². The van der Waals surface area contributed by atoms with Crippen LogP contribution in [0, 0.1) is 6.92 Å². The molecule has 0 atom stereocenters. The van der Waals surface area contributed by atoms with Crippen molar-refractivity contribution in [3.05, 3.63) is 42.2 Å². The summed E-state index contributed by atoms with van der Waals surface area (Å²) in [5.74, 6) is 0.471. The summed E-state index contributed by atoms with van der Waals surface area (Å²) in [7, 11) is -11.3. The van der Waals surface area contributed by atoms with E-state index in [1.165, 1.54) is 30.3 Å². The second kappa shape index (κ2) is 8.26. The molecular weight excluding hydrogens is 412 g/mol. The number of hydrogen-bond donors (Lipinski definition) is 4. The van der Waals surface area contributed by atoms with E-state index in [0.717, 1.165) is 22.1 Å². The number of nitrogens with one attached hydrogen (secondary N) is 2. The molecule has 1 aromatic carbocycles. The fourth-order valence-corrected chi connectivity index (χ4v) is 3.49. The average molecular weight is 428 g/mol. The van der Waals surface area contributed by atoms with E-state index >= 15 is 0 Å². The van der Waals surface area contributed by atoms with Crippen molar-refractivity contribution in [2.45, 2.75) is 21.8 Å². The topological polar surface area (TPSA) is 180 Å². The van der Waals surface area contributed by atoms with Crippen LogP contribution in [0.15, 0.2) is 55.7 Å². The minimum absolute atomic E-state index is 0.126. The van der Waals surface area contributed by atoms with Crippen molar-refractivity contribution in [3.8, 4) is 0 Å². The van der Waals surface area contributed by atoms with Gasteiger partial charge in [0.15, 0.2) is 9.84 Å². The molecular formula is C12H16N2O9S3. The predicted octanol–water partition coefficient (Wildman–Crippen LogP) is 0.0131. The van der Waals surface area contributed by atoms with Gasteiger partial charge in [-0.3, -0.25) is 0 Å². The highest BCUT2D eigenvalue weighted by molar-refractivity contribution is 7.91. The fraction of sp³-hybridized carbons (Fsp3) is 0.167. The van der Waals surface area contributed by atoms with E-state index in [1.807, 2.05) is 0 Å². The van der Waals surface area contributed by atoms with Crippen LogP contribution in [0.25, 0.3) is 0 Å². The zero-order chi connectivity index (χ0) is 20.2. The smallest absolute Gasteiger partial charge is 0.295 e. The molecule has 0 saturated carbocycles. The Kier molecular flexibility index (Phi) is 7.06. The normalized spacial score (nSPS) is 12.3. The molecule has 0 unspecified atom stereocenters. The molecule has 0 saturated heterocycles. The molecule has 1 heterocycles. The van der Waals surface area contributed by atoms with Crippen LogP contribution >= 0.6 is 0 Å². The molecule has 11 nitrogen and oxygen atoms in total. The van der Waals surface area contributed by atoms with Crippen molar-refractivity contribution in [3.63, 3.8) is 0 Å². The second-order valence-corrected chi connectivity index (χ2v) is 10.1. The Morgan fingerprint density at radius 3 is 1.81 bits per heavy atom. The Morgan fingerprint density at radius 1 is 0.846 bits per heavy atom. The van der Waals surface area contributed by atoms with Crippen LogP contribution in [0.3, 0.4) is 0 Å². The first kappa shape index (κ1) is 22.2. The summed E-state index contributed by atoms with van der Waals surface area (Å²) in [6.07, 6.45) is 0.963. The van der Waals surface area contributed by atoms with E-state index in [0.29, 0.717) is 5.76 Å². The lowest BCUT2D eigenvalue weighted by molar-refractivity contribution is 0.238. The third kappa shape index (κ3) is 5.87. The van der Waals surface area contributed by atoms with E-state index in [2.05, 4.69) is 0 Å². The van der Waals surface area contributed by atoms with Crippen molar-refractivity contribution < 1.29 is 40.1 Å². The van der Waals surface area contributed by atoms with Gasteiger partial charge in [0.05, 0.1) is 9.79 Å². The second-order valence-electron chi connectivity index (χ2n) is 4.80. The Bertz CT molecular complexity index is 1070. The van der Waals surface area contributed by atoms with Gasteiger partial charge in [0.25, 0.3) is 20.0 Å². The number of furan rings is 1. The van der Waals surface area contributed by atoms with E-state index in [-0.39, 0.29) is 14.9 Å². The Morgan fingerprint density at radius 2 is 1.38 bits per heavy atom. The maximum absolute atomic E-state index is 11.1. The first-order chi connectivity index (χ1) is 11.8. The van der Waals surface area contributed by atoms with Crippen LogP contribution in [-0.2, 0) is 29.9 Å². The number of benzene rings is 1. The van der Waals surface area contributed by atoms with Gasteiger partial charge in [-0.15, -0.1) is 0 Å². The number of hydrogen-bond acceptors (Lipinski definition) is 9. The summed E-state index contributed by atoms with van der Waals surface area (Å²) < 4.78 is 70.7. The molecule has 14 heteroatoms. The monoisotopic (exact) mass is 428 g/mol. The highest BCUT2D eigenvalue weighted by atomic mass is 32.2. The lowest BCUT2D eigenvalue weighted by Crippen LogP contribution is -2.19. The summed E-state index contributed by atoms with van der Waals surface area (Å²) in [4.78, 5) is 1.82. The Balaban J connectivity index is 0.000000273. The molecule has 2 rings (SSSR count). The van der Waals surface area contributed by atoms with Gasteiger partial charge in [-0.2, -0.15) is 0 Å². The number of rotatable bonds is 5. The lowest BCUT2D eigenvalue weighted by Gasteiger charge is -2.03. The minimum atomic E-state index is -4.04. The molecule has 2 aromatic rings. The number of sulfonamides is 2. The molecule has 0 aliphatic carbocycles. The van der Waals surface area contributed by atoms with Crippen LogP contribution in [0.5, 0.6) is 0 Å². The van der Waals surface area contributed by atoms with Gasteiger partial charge in [-0.25, -0.2) is 25.3 Å². The Hall–Kier alpha value is -1.81. The van der Waals surface area contributed by atoms with E-state index in [4.69, 9.17) is 14.8 Å². The molecule has 0 spiro atoms. The van der Waals surface area contributed by atoms with Crippen LogP contribution in [0.2, 0.25) is 0 Å². The third-order valence-electron chi connectivity index (χ3n) is 2.76. The molecule has 0 aliphatic rings. The maximum Gasteiger partial charge on any atom is 0.295 e. The van der Waals surface area contributed by atoms with Crippen molar-refractivity contribution >= 4 is 29.9 Å². The molecule has 1 aromatic heterocycles. The van der Waals surface area contributed by atoms with Gasteiger partial charge < -0.3 is 14.8 Å². The van der Waals surface area contributed by atoms with E-state index in [9.17, 15) is 25.3 Å².